The third kappa shape index (κ3) is 19.9. The summed E-state index contributed by atoms with van der Waals surface area (Å²) in [4.78, 5) is 19.6. The molecule has 2 aromatic carbocycles. The standard InChI is InChI=1S/C14H9N3O.C2H6.3CH5NO2S.CH4.O3S/c18-14-16-10-6-2-1-5-9(10)13-15-11-7-3-4-8-12(11)17(13)14;1-2;2*1-5(2,3)4;1-2-5(3)4;;1-4(2)3/h1-8H,(H,16,18);1-2H3;2*1H3,(H2,2,3,4);2H,1H3,(H,3,4);1H4;/p-1. The summed E-state index contributed by atoms with van der Waals surface area (Å²) in [7, 11) is -8.11. The molecule has 228 valence electrons. The molecule has 0 spiro atoms. The van der Waals surface area contributed by atoms with Crippen LogP contribution in [0.15, 0.2) is 53.3 Å². The monoisotopic (exact) mass is 645 g/mol. The number of imidazole rings is 1. The lowest BCUT2D eigenvalue weighted by molar-refractivity contribution is 0.528. The number of nitrogens with zero attached hydrogens (tertiary/aromatic N) is 2. The van der Waals surface area contributed by atoms with Gasteiger partial charge in [-0.05, 0) is 31.3 Å². The lowest BCUT2D eigenvalue weighted by Gasteiger charge is -1.99. The molecular formula is C20H33N6O10S4-. The zero-order chi connectivity index (χ0) is 31.0. The second kappa shape index (κ2) is 19.9. The molecule has 2 aromatic heterocycles. The largest absolute Gasteiger partial charge is 0.760 e. The zero-order valence-electron chi connectivity index (χ0n) is 21.4. The van der Waals surface area contributed by atoms with Crippen molar-refractivity contribution in [2.75, 3.05) is 19.6 Å². The van der Waals surface area contributed by atoms with E-state index >= 15 is 0 Å². The summed E-state index contributed by atoms with van der Waals surface area (Å²) < 4.78 is 85.1. The van der Waals surface area contributed by atoms with E-state index < -0.39 is 41.9 Å². The van der Waals surface area contributed by atoms with Crippen LogP contribution in [0.3, 0.4) is 0 Å². The Morgan fingerprint density at radius 1 is 0.900 bits per heavy atom. The number of nitrogens with one attached hydrogen (secondary N) is 2. The van der Waals surface area contributed by atoms with E-state index in [0.29, 0.717) is 5.65 Å². The number of sulfonamides is 2. The molecule has 4 rings (SSSR count). The van der Waals surface area contributed by atoms with Crippen LogP contribution in [-0.2, 0) is 41.9 Å². The van der Waals surface area contributed by atoms with Gasteiger partial charge in [-0.3, -0.25) is 8.93 Å². The topological polar surface area (TPSA) is 274 Å². The Bertz CT molecular complexity index is 1700. The van der Waals surface area contributed by atoms with Crippen LogP contribution in [0.4, 0.5) is 0 Å². The average molecular weight is 646 g/mol. The highest BCUT2D eigenvalue weighted by Gasteiger charge is 2.09. The van der Waals surface area contributed by atoms with Gasteiger partial charge in [-0.15, -0.1) is 12.6 Å². The molecule has 1 unspecified atom stereocenters. The summed E-state index contributed by atoms with van der Waals surface area (Å²) >= 11 is -2.07. The minimum Gasteiger partial charge on any atom is -0.760 e. The number of benzene rings is 2. The minimum absolute atomic E-state index is 0. The second-order valence-corrected chi connectivity index (χ2v) is 11.1. The van der Waals surface area contributed by atoms with Crippen molar-refractivity contribution >= 4 is 69.5 Å². The number of aromatic nitrogens is 3. The van der Waals surface area contributed by atoms with Crippen LogP contribution in [-0.4, -0.2) is 72.2 Å². The van der Waals surface area contributed by atoms with Crippen molar-refractivity contribution in [2.45, 2.75) is 21.3 Å². The van der Waals surface area contributed by atoms with E-state index in [4.69, 9.17) is 12.6 Å². The van der Waals surface area contributed by atoms with E-state index in [1.807, 2.05) is 67.1 Å². The van der Waals surface area contributed by atoms with Gasteiger partial charge in [-0.2, -0.15) is 0 Å². The van der Waals surface area contributed by atoms with Crippen molar-refractivity contribution in [1.29, 1.82) is 0 Å². The molecule has 6 N–H and O–H groups in total. The van der Waals surface area contributed by atoms with Gasteiger partial charge in [0.05, 0.1) is 29.1 Å². The maximum Gasteiger partial charge on any atom is 0.425 e. The van der Waals surface area contributed by atoms with Gasteiger partial charge < -0.3 is 9.54 Å². The fraction of sp³-hybridized carbons (Fsp3) is 0.300. The van der Waals surface area contributed by atoms with Crippen molar-refractivity contribution in [2.24, 2.45) is 10.3 Å². The molecule has 40 heavy (non-hydrogen) atoms. The van der Waals surface area contributed by atoms with Gasteiger partial charge in [0.15, 0.2) is 5.65 Å². The Morgan fingerprint density at radius 2 is 1.27 bits per heavy atom. The normalized spacial score (nSPS) is 10.7. The van der Waals surface area contributed by atoms with Crippen molar-refractivity contribution < 1.29 is 38.2 Å². The number of hydrogen-bond donors (Lipinski definition) is 4. The number of nitrogens with two attached hydrogens (primary N) is 2. The van der Waals surface area contributed by atoms with E-state index in [2.05, 4.69) is 20.2 Å². The van der Waals surface area contributed by atoms with Gasteiger partial charge >= 0.3 is 16.3 Å². The smallest absolute Gasteiger partial charge is 0.425 e. The van der Waals surface area contributed by atoms with E-state index in [1.54, 1.807) is 4.40 Å². The van der Waals surface area contributed by atoms with E-state index in [-0.39, 0.29) is 13.1 Å². The van der Waals surface area contributed by atoms with Crippen LogP contribution in [0, 0.1) is 0 Å². The van der Waals surface area contributed by atoms with Crippen LogP contribution in [0.2, 0.25) is 0 Å². The second-order valence-electron chi connectivity index (χ2n) is 6.54. The molecule has 4 aromatic rings. The highest BCUT2D eigenvalue weighted by Crippen LogP contribution is 2.20. The molecule has 0 radical (unpaired) electrons. The number of para-hydroxylation sites is 3. The van der Waals surface area contributed by atoms with E-state index in [1.165, 1.54) is 7.05 Å². The summed E-state index contributed by atoms with van der Waals surface area (Å²) in [5.74, 6) is 0. The summed E-state index contributed by atoms with van der Waals surface area (Å²) in [6.07, 6.45) is 1.88. The van der Waals surface area contributed by atoms with Crippen molar-refractivity contribution in [3.63, 3.8) is 0 Å². The van der Waals surface area contributed by atoms with Crippen molar-refractivity contribution in [3.05, 3.63) is 59.0 Å². The minimum atomic E-state index is -3.17. The van der Waals surface area contributed by atoms with E-state index in [9.17, 15) is 30.4 Å². The number of H-pyrrole nitrogens is 1. The number of primary sulfonamides is 2. The molecule has 0 saturated carbocycles. The van der Waals surface area contributed by atoms with Gasteiger partial charge in [0, 0.05) is 16.7 Å². The molecule has 2 heterocycles. The number of hydrogen-bond acceptors (Lipinski definition) is 11. The fourth-order valence-corrected chi connectivity index (χ4v) is 2.37. The Labute approximate surface area is 236 Å². The summed E-state index contributed by atoms with van der Waals surface area (Å²) in [6, 6.07) is 15.3. The molecule has 1 atom stereocenters. The summed E-state index contributed by atoms with van der Waals surface area (Å²) in [5, 5.41) is 9.60. The molecule has 0 aliphatic rings. The number of rotatable bonds is 1. The van der Waals surface area contributed by atoms with Crippen molar-refractivity contribution in [3.8, 4) is 0 Å². The maximum atomic E-state index is 12.1. The van der Waals surface area contributed by atoms with Gasteiger partial charge in [0.1, 0.15) is 0 Å². The molecule has 0 amide bonds. The quantitative estimate of drug-likeness (QED) is 0.197. The third-order valence-corrected chi connectivity index (χ3v) is 3.67. The summed E-state index contributed by atoms with van der Waals surface area (Å²) in [5.41, 5.74) is 3.03. The van der Waals surface area contributed by atoms with Crippen LogP contribution in [0.25, 0.3) is 27.6 Å². The first-order valence-electron chi connectivity index (χ1n) is 10.2. The first kappa shape index (κ1) is 41.4. The van der Waals surface area contributed by atoms with Gasteiger partial charge in [0.2, 0.25) is 20.0 Å². The predicted octanol–water partition coefficient (Wildman–Crippen LogP) is -0.203. The molecule has 0 saturated heterocycles. The zero-order valence-corrected chi connectivity index (χ0v) is 24.6. The average Bonchev–Trinajstić information content (AvgIpc) is 3.19. The molecule has 20 heteroatoms. The Morgan fingerprint density at radius 3 is 1.70 bits per heavy atom. The third-order valence-electron chi connectivity index (χ3n) is 3.34. The Hall–Kier alpha value is -3.11. The van der Waals surface area contributed by atoms with Gasteiger partial charge in [0.25, 0.3) is 0 Å². The van der Waals surface area contributed by atoms with Crippen LogP contribution < -0.4 is 20.7 Å². The lowest BCUT2D eigenvalue weighted by atomic mass is 10.2. The highest BCUT2D eigenvalue weighted by molar-refractivity contribution is 7.88. The number of aromatic amines is 1. The van der Waals surface area contributed by atoms with Crippen LogP contribution in [0.1, 0.15) is 21.3 Å². The predicted molar refractivity (Wildman–Crippen MR) is 155 cm³/mol. The van der Waals surface area contributed by atoms with E-state index in [0.717, 1.165) is 34.4 Å². The van der Waals surface area contributed by atoms with Crippen LogP contribution >= 0.6 is 0 Å². The maximum absolute atomic E-state index is 12.1. The molecule has 0 aliphatic carbocycles. The molecule has 0 bridgehead atoms. The van der Waals surface area contributed by atoms with Crippen molar-refractivity contribution in [1.82, 2.24) is 19.1 Å². The SMILES string of the molecule is C.CC.CNS(=O)[O-].CS(N)(=O)=O.CS(N)(=O)=O.O=S(=O)=O.O=c1[nH]c2ccccc2c2nc3ccccc3n12. The van der Waals surface area contributed by atoms with Crippen LogP contribution in [0.5, 0.6) is 0 Å². The van der Waals surface area contributed by atoms with Gasteiger partial charge in [-0.25, -0.2) is 41.3 Å². The molecule has 0 fully saturated rings. The Balaban J connectivity index is -0.000000521. The first-order valence-corrected chi connectivity index (χ1v) is 16.2. The highest BCUT2D eigenvalue weighted by atomic mass is 32.2. The molecule has 0 aliphatic heterocycles. The summed E-state index contributed by atoms with van der Waals surface area (Å²) in [6.45, 7) is 4.00. The Kier molecular flexibility index (Phi) is 20.6. The molecule has 16 nitrogen and oxygen atoms in total. The lowest BCUT2D eigenvalue weighted by Crippen LogP contribution is -2.15. The first-order chi connectivity index (χ1) is 17.8. The van der Waals surface area contributed by atoms with Gasteiger partial charge in [-0.1, -0.05) is 45.5 Å². The number of fused-ring (bicyclic) bond motifs is 5. The fourth-order valence-electron chi connectivity index (χ4n) is 2.37. The molecular weight excluding hydrogens is 613 g/mol.